The smallest absolute Gasteiger partial charge is 0.247 e. The van der Waals surface area contributed by atoms with E-state index in [1.165, 1.54) is 0 Å². The Hall–Kier alpha value is -3.13. The molecule has 0 spiro atoms. The van der Waals surface area contributed by atoms with Crippen LogP contribution in [0.5, 0.6) is 11.6 Å². The standard InChI is InChI=1S/C24H26N4O3S/c1-4-6-15-32-24-25-22-21(26-27-24)16-11-7-9-13-18(16)28(20(29)5-2)23(31-22)17-12-8-10-14-19(17)30-3/h7-14,23H,4-6,15H2,1-3H3. The maximum absolute atomic E-state index is 13.2. The number of carbonyl (C=O) groups excluding carboxylic acids is 1. The quantitative estimate of drug-likeness (QED) is 0.358. The van der Waals surface area contributed by atoms with Gasteiger partial charge in [0, 0.05) is 17.7 Å². The summed E-state index contributed by atoms with van der Waals surface area (Å²) in [6.45, 7) is 3.98. The Morgan fingerprint density at radius 1 is 1.12 bits per heavy atom. The van der Waals surface area contributed by atoms with Crippen LogP contribution < -0.4 is 14.4 Å². The second-order valence-corrected chi connectivity index (χ2v) is 8.36. The molecule has 1 unspecified atom stereocenters. The molecule has 0 saturated carbocycles. The molecule has 2 aromatic carbocycles. The fourth-order valence-electron chi connectivity index (χ4n) is 3.60. The Bertz CT molecular complexity index is 1110. The van der Waals surface area contributed by atoms with Gasteiger partial charge in [-0.2, -0.15) is 4.98 Å². The second kappa shape index (κ2) is 9.99. The third-order valence-corrected chi connectivity index (χ3v) is 6.14. The molecule has 0 N–H and O–H groups in total. The fourth-order valence-corrected chi connectivity index (χ4v) is 4.46. The summed E-state index contributed by atoms with van der Waals surface area (Å²) in [5.41, 5.74) is 2.72. The topological polar surface area (TPSA) is 77.4 Å². The average molecular weight is 451 g/mol. The van der Waals surface area contributed by atoms with E-state index in [2.05, 4.69) is 22.1 Å². The van der Waals surface area contributed by atoms with Crippen LogP contribution in [-0.4, -0.2) is 34.0 Å². The monoisotopic (exact) mass is 450 g/mol. The average Bonchev–Trinajstić information content (AvgIpc) is 2.98. The van der Waals surface area contributed by atoms with Gasteiger partial charge < -0.3 is 9.47 Å². The van der Waals surface area contributed by atoms with Gasteiger partial charge in [-0.15, -0.1) is 10.2 Å². The zero-order valence-electron chi connectivity index (χ0n) is 18.4. The van der Waals surface area contributed by atoms with E-state index >= 15 is 0 Å². The van der Waals surface area contributed by atoms with E-state index in [1.54, 1.807) is 23.8 Å². The summed E-state index contributed by atoms with van der Waals surface area (Å²) in [7, 11) is 1.61. The zero-order valence-corrected chi connectivity index (χ0v) is 19.3. The van der Waals surface area contributed by atoms with Gasteiger partial charge in [0.15, 0.2) is 5.69 Å². The van der Waals surface area contributed by atoms with E-state index in [-0.39, 0.29) is 5.91 Å². The molecular weight excluding hydrogens is 424 g/mol. The number of ether oxygens (including phenoxy) is 2. The van der Waals surface area contributed by atoms with E-state index < -0.39 is 6.23 Å². The van der Waals surface area contributed by atoms with E-state index in [0.29, 0.717) is 34.6 Å². The minimum absolute atomic E-state index is 0.0772. The molecule has 0 fully saturated rings. The van der Waals surface area contributed by atoms with E-state index in [9.17, 15) is 4.79 Å². The largest absolute Gasteiger partial charge is 0.496 e. The van der Waals surface area contributed by atoms with Crippen molar-refractivity contribution in [2.75, 3.05) is 17.8 Å². The minimum atomic E-state index is -0.758. The Balaban J connectivity index is 1.89. The number of fused-ring (bicyclic) bond motifs is 3. The highest BCUT2D eigenvalue weighted by atomic mass is 32.2. The first-order valence-electron chi connectivity index (χ1n) is 10.8. The van der Waals surface area contributed by atoms with Gasteiger partial charge >= 0.3 is 0 Å². The lowest BCUT2D eigenvalue weighted by molar-refractivity contribution is -0.120. The van der Waals surface area contributed by atoms with E-state index in [0.717, 1.165) is 29.7 Å². The highest BCUT2D eigenvalue weighted by molar-refractivity contribution is 7.99. The molecule has 4 rings (SSSR count). The number of unbranched alkanes of at least 4 members (excludes halogenated alkanes) is 1. The molecule has 1 aliphatic rings. The number of para-hydroxylation sites is 2. The van der Waals surface area contributed by atoms with Crippen LogP contribution in [0.2, 0.25) is 0 Å². The molecule has 7 nitrogen and oxygen atoms in total. The third-order valence-electron chi connectivity index (χ3n) is 5.22. The van der Waals surface area contributed by atoms with Crippen molar-refractivity contribution < 1.29 is 14.3 Å². The van der Waals surface area contributed by atoms with Gasteiger partial charge in [0.2, 0.25) is 23.2 Å². The number of hydrogen-bond donors (Lipinski definition) is 0. The van der Waals surface area contributed by atoms with Gasteiger partial charge in [0.1, 0.15) is 5.75 Å². The molecule has 166 valence electrons. The first-order valence-corrected chi connectivity index (χ1v) is 11.7. The molecule has 8 heteroatoms. The number of hydrogen-bond acceptors (Lipinski definition) is 7. The molecule has 1 aliphatic heterocycles. The van der Waals surface area contributed by atoms with Crippen molar-refractivity contribution in [1.82, 2.24) is 15.2 Å². The summed E-state index contributed by atoms with van der Waals surface area (Å²) in [6.07, 6.45) is 1.72. The lowest BCUT2D eigenvalue weighted by Gasteiger charge is -2.31. The predicted octanol–water partition coefficient (Wildman–Crippen LogP) is 5.27. The van der Waals surface area contributed by atoms with Crippen LogP contribution in [0.1, 0.15) is 44.9 Å². The summed E-state index contributed by atoms with van der Waals surface area (Å²) in [5, 5.41) is 9.34. The van der Waals surface area contributed by atoms with Crippen LogP contribution in [0.15, 0.2) is 53.7 Å². The number of rotatable bonds is 7. The van der Waals surface area contributed by atoms with Crippen LogP contribution in [0, 0.1) is 0 Å². The van der Waals surface area contributed by atoms with Gasteiger partial charge in [-0.05, 0) is 24.6 Å². The number of anilines is 1. The van der Waals surface area contributed by atoms with Crippen molar-refractivity contribution in [2.24, 2.45) is 0 Å². The molecule has 0 bridgehead atoms. The number of carbonyl (C=O) groups is 1. The summed E-state index contributed by atoms with van der Waals surface area (Å²) in [6, 6.07) is 15.2. The van der Waals surface area contributed by atoms with Crippen molar-refractivity contribution >= 4 is 23.4 Å². The van der Waals surface area contributed by atoms with E-state index in [1.807, 2.05) is 55.5 Å². The molecule has 0 aliphatic carbocycles. The fraction of sp³-hybridized carbons (Fsp3) is 0.333. The van der Waals surface area contributed by atoms with Gasteiger partial charge in [0.25, 0.3) is 0 Å². The highest BCUT2D eigenvalue weighted by Crippen LogP contribution is 2.45. The summed E-state index contributed by atoms with van der Waals surface area (Å²) in [4.78, 5) is 19.6. The Morgan fingerprint density at radius 3 is 2.69 bits per heavy atom. The minimum Gasteiger partial charge on any atom is -0.496 e. The van der Waals surface area contributed by atoms with Crippen LogP contribution in [0.25, 0.3) is 11.3 Å². The molecule has 1 atom stereocenters. The Labute approximate surface area is 192 Å². The second-order valence-electron chi connectivity index (χ2n) is 7.30. The number of aromatic nitrogens is 3. The van der Waals surface area contributed by atoms with Crippen LogP contribution >= 0.6 is 11.8 Å². The summed E-state index contributed by atoms with van der Waals surface area (Å²) in [5.74, 6) is 1.82. The molecule has 1 amide bonds. The van der Waals surface area contributed by atoms with Gasteiger partial charge in [-0.3, -0.25) is 9.69 Å². The predicted molar refractivity (Wildman–Crippen MR) is 125 cm³/mol. The maximum atomic E-state index is 13.2. The summed E-state index contributed by atoms with van der Waals surface area (Å²) >= 11 is 1.55. The van der Waals surface area contributed by atoms with Crippen molar-refractivity contribution in [3.05, 3.63) is 54.1 Å². The summed E-state index contributed by atoms with van der Waals surface area (Å²) < 4.78 is 12.0. The SMILES string of the molecule is CCCCSc1nnc2c(n1)OC(c1ccccc1OC)N(C(=O)CC)c1ccccc1-2. The van der Waals surface area contributed by atoms with Crippen LogP contribution in [0.4, 0.5) is 5.69 Å². The van der Waals surface area contributed by atoms with Crippen molar-refractivity contribution in [3.8, 4) is 22.9 Å². The first-order chi connectivity index (χ1) is 15.7. The molecule has 32 heavy (non-hydrogen) atoms. The normalized spacial score (nSPS) is 14.7. The highest BCUT2D eigenvalue weighted by Gasteiger charge is 2.36. The number of methoxy groups -OCH3 is 1. The molecule has 2 heterocycles. The van der Waals surface area contributed by atoms with Gasteiger partial charge in [-0.1, -0.05) is 62.4 Å². The number of nitrogens with zero attached hydrogens (tertiary/aromatic N) is 4. The molecular formula is C24H26N4O3S. The maximum Gasteiger partial charge on any atom is 0.247 e. The Kier molecular flexibility index (Phi) is 6.90. The number of amides is 1. The van der Waals surface area contributed by atoms with Crippen LogP contribution in [-0.2, 0) is 4.79 Å². The van der Waals surface area contributed by atoms with Crippen molar-refractivity contribution in [1.29, 1.82) is 0 Å². The van der Waals surface area contributed by atoms with Crippen molar-refractivity contribution in [2.45, 2.75) is 44.5 Å². The van der Waals surface area contributed by atoms with Gasteiger partial charge in [0.05, 0.1) is 18.4 Å². The lowest BCUT2D eigenvalue weighted by Crippen LogP contribution is -2.37. The van der Waals surface area contributed by atoms with Crippen molar-refractivity contribution in [3.63, 3.8) is 0 Å². The molecule has 3 aromatic rings. The first kappa shape index (κ1) is 22.1. The van der Waals surface area contributed by atoms with Gasteiger partial charge in [-0.25, -0.2) is 0 Å². The lowest BCUT2D eigenvalue weighted by atomic mass is 10.1. The van der Waals surface area contributed by atoms with E-state index in [4.69, 9.17) is 9.47 Å². The third kappa shape index (κ3) is 4.27. The number of thioether (sulfide) groups is 1. The molecule has 1 aromatic heterocycles. The molecule has 0 radical (unpaired) electrons. The van der Waals surface area contributed by atoms with Crippen LogP contribution in [0.3, 0.4) is 0 Å². The Morgan fingerprint density at radius 2 is 1.91 bits per heavy atom. The zero-order chi connectivity index (χ0) is 22.5. The molecule has 0 saturated heterocycles. The number of benzene rings is 2.